The molecule has 1 heterocycles. The van der Waals surface area contributed by atoms with Crippen molar-refractivity contribution in [2.45, 2.75) is 52.0 Å². The van der Waals surface area contributed by atoms with Crippen molar-refractivity contribution in [2.75, 3.05) is 10.6 Å². The third-order valence-corrected chi connectivity index (χ3v) is 4.26. The second-order valence-electron chi connectivity index (χ2n) is 6.27. The van der Waals surface area contributed by atoms with Crippen LogP contribution in [0.25, 0.3) is 0 Å². The number of aromatic nitrogens is 2. The minimum atomic E-state index is -0.218. The Kier molecular flexibility index (Phi) is 4.46. The van der Waals surface area contributed by atoms with Gasteiger partial charge in [0.25, 0.3) is 0 Å². The molecule has 1 atom stereocenters. The summed E-state index contributed by atoms with van der Waals surface area (Å²) in [6, 6.07) is 7.31. The molecule has 1 saturated carbocycles. The van der Waals surface area contributed by atoms with Crippen LogP contribution in [0.5, 0.6) is 0 Å². The molecule has 0 unspecified atom stereocenters. The summed E-state index contributed by atoms with van der Waals surface area (Å²) < 4.78 is 13.7. The van der Waals surface area contributed by atoms with E-state index in [1.165, 1.54) is 18.9 Å². The van der Waals surface area contributed by atoms with Crippen LogP contribution >= 0.6 is 0 Å². The Morgan fingerprint density at radius 2 is 2.09 bits per heavy atom. The normalized spacial score (nSPS) is 15.3. The first-order chi connectivity index (χ1) is 11.1. The first-order valence-corrected chi connectivity index (χ1v) is 8.24. The van der Waals surface area contributed by atoms with Crippen molar-refractivity contribution in [3.8, 4) is 0 Å². The highest BCUT2D eigenvalue weighted by molar-refractivity contribution is 5.61. The highest BCUT2D eigenvalue weighted by Crippen LogP contribution is 2.40. The van der Waals surface area contributed by atoms with Crippen LogP contribution in [0, 0.1) is 12.7 Å². The van der Waals surface area contributed by atoms with Gasteiger partial charge in [-0.1, -0.05) is 13.0 Å². The fraction of sp³-hybridized carbons (Fsp3) is 0.444. The van der Waals surface area contributed by atoms with Gasteiger partial charge in [-0.3, -0.25) is 0 Å². The van der Waals surface area contributed by atoms with Gasteiger partial charge in [0.15, 0.2) is 0 Å². The van der Waals surface area contributed by atoms with E-state index in [1.54, 1.807) is 13.0 Å². The summed E-state index contributed by atoms with van der Waals surface area (Å²) in [5.74, 6) is 1.66. The van der Waals surface area contributed by atoms with Gasteiger partial charge >= 0.3 is 0 Å². The second-order valence-corrected chi connectivity index (χ2v) is 6.27. The van der Waals surface area contributed by atoms with E-state index >= 15 is 0 Å². The van der Waals surface area contributed by atoms with E-state index in [4.69, 9.17) is 0 Å². The molecular weight excluding hydrogens is 291 g/mol. The van der Waals surface area contributed by atoms with E-state index in [0.717, 1.165) is 17.8 Å². The summed E-state index contributed by atoms with van der Waals surface area (Å²) in [5.41, 5.74) is 2.39. The molecule has 1 fully saturated rings. The largest absolute Gasteiger partial charge is 0.352 e. The van der Waals surface area contributed by atoms with Crippen LogP contribution in [-0.2, 0) is 0 Å². The average Bonchev–Trinajstić information content (AvgIpc) is 3.36. The summed E-state index contributed by atoms with van der Waals surface area (Å²) >= 11 is 0. The van der Waals surface area contributed by atoms with E-state index in [0.29, 0.717) is 29.3 Å². The first-order valence-electron chi connectivity index (χ1n) is 8.24. The van der Waals surface area contributed by atoms with E-state index in [9.17, 15) is 4.39 Å². The number of anilines is 3. The van der Waals surface area contributed by atoms with Gasteiger partial charge in [-0.05, 0) is 45.2 Å². The number of halogens is 1. The van der Waals surface area contributed by atoms with Crippen molar-refractivity contribution >= 4 is 17.5 Å². The summed E-state index contributed by atoms with van der Waals surface area (Å²) in [5, 5.41) is 6.57. The third-order valence-electron chi connectivity index (χ3n) is 4.26. The minimum Gasteiger partial charge on any atom is -0.352 e. The lowest BCUT2D eigenvalue weighted by atomic mass is 10.2. The van der Waals surface area contributed by atoms with Gasteiger partial charge < -0.3 is 10.6 Å². The first kappa shape index (κ1) is 15.7. The van der Waals surface area contributed by atoms with Crippen molar-refractivity contribution in [3.63, 3.8) is 0 Å². The Morgan fingerprint density at radius 1 is 1.30 bits per heavy atom. The monoisotopic (exact) mass is 314 g/mol. The van der Waals surface area contributed by atoms with Gasteiger partial charge in [0.05, 0.1) is 5.69 Å². The number of nitrogens with zero attached hydrogens (tertiary/aromatic N) is 2. The Bertz CT molecular complexity index is 697. The maximum Gasteiger partial charge on any atom is 0.225 e. The van der Waals surface area contributed by atoms with Crippen molar-refractivity contribution in [1.82, 2.24) is 9.97 Å². The van der Waals surface area contributed by atoms with Crippen LogP contribution in [0.4, 0.5) is 21.8 Å². The number of nitrogens with one attached hydrogen (secondary N) is 2. The summed E-state index contributed by atoms with van der Waals surface area (Å²) in [6.07, 6.45) is 3.36. The fourth-order valence-corrected chi connectivity index (χ4v) is 2.39. The van der Waals surface area contributed by atoms with Crippen LogP contribution in [0.1, 0.15) is 50.3 Å². The molecule has 5 heteroatoms. The van der Waals surface area contributed by atoms with E-state index in [-0.39, 0.29) is 5.82 Å². The lowest BCUT2D eigenvalue weighted by Gasteiger charge is -2.15. The fourth-order valence-electron chi connectivity index (χ4n) is 2.39. The summed E-state index contributed by atoms with van der Waals surface area (Å²) in [6.45, 7) is 5.99. The molecule has 2 aromatic rings. The number of hydrogen-bond acceptors (Lipinski definition) is 4. The van der Waals surface area contributed by atoms with Crippen LogP contribution in [0.2, 0.25) is 0 Å². The molecule has 2 N–H and O–H groups in total. The molecule has 1 aliphatic rings. The predicted octanol–water partition coefficient (Wildman–Crippen LogP) is 4.76. The molecule has 0 aliphatic heterocycles. The van der Waals surface area contributed by atoms with Gasteiger partial charge in [0, 0.05) is 29.3 Å². The Morgan fingerprint density at radius 3 is 2.78 bits per heavy atom. The SMILES string of the molecule is CC[C@H](C)Nc1nc(Nc2cccc(F)c2C)cc(C2CC2)n1. The van der Waals surface area contributed by atoms with Crippen LogP contribution in [0.3, 0.4) is 0 Å². The second kappa shape index (κ2) is 6.52. The van der Waals surface area contributed by atoms with Crippen molar-refractivity contribution in [2.24, 2.45) is 0 Å². The van der Waals surface area contributed by atoms with Gasteiger partial charge in [0.1, 0.15) is 11.6 Å². The quantitative estimate of drug-likeness (QED) is 0.807. The zero-order chi connectivity index (χ0) is 16.4. The zero-order valence-electron chi connectivity index (χ0n) is 13.9. The zero-order valence-corrected chi connectivity index (χ0v) is 13.9. The number of hydrogen-bond donors (Lipinski definition) is 2. The highest BCUT2D eigenvalue weighted by atomic mass is 19.1. The van der Waals surface area contributed by atoms with Gasteiger partial charge in [-0.25, -0.2) is 9.37 Å². The van der Waals surface area contributed by atoms with Crippen LogP contribution in [0.15, 0.2) is 24.3 Å². The molecule has 0 saturated heterocycles. The van der Waals surface area contributed by atoms with Gasteiger partial charge in [-0.2, -0.15) is 4.98 Å². The smallest absolute Gasteiger partial charge is 0.225 e. The predicted molar refractivity (Wildman–Crippen MR) is 91.8 cm³/mol. The third kappa shape index (κ3) is 3.78. The molecule has 0 amide bonds. The lowest BCUT2D eigenvalue weighted by molar-refractivity contribution is 0.619. The molecule has 0 bridgehead atoms. The molecule has 1 aromatic carbocycles. The van der Waals surface area contributed by atoms with E-state index in [1.807, 2.05) is 12.1 Å². The number of rotatable bonds is 6. The molecule has 0 radical (unpaired) electrons. The van der Waals surface area contributed by atoms with Crippen LogP contribution in [-0.4, -0.2) is 16.0 Å². The molecule has 0 spiro atoms. The molecule has 1 aromatic heterocycles. The molecule has 4 nitrogen and oxygen atoms in total. The summed E-state index contributed by atoms with van der Waals surface area (Å²) in [7, 11) is 0. The molecule has 122 valence electrons. The van der Waals surface area contributed by atoms with Crippen molar-refractivity contribution in [1.29, 1.82) is 0 Å². The Hall–Kier alpha value is -2.17. The van der Waals surface area contributed by atoms with Gasteiger partial charge in [-0.15, -0.1) is 0 Å². The Balaban J connectivity index is 1.89. The molecule has 1 aliphatic carbocycles. The average molecular weight is 314 g/mol. The molecular formula is C18H23FN4. The Labute approximate surface area is 136 Å². The molecule has 3 rings (SSSR count). The summed E-state index contributed by atoms with van der Waals surface area (Å²) in [4.78, 5) is 9.17. The minimum absolute atomic E-state index is 0.218. The lowest BCUT2D eigenvalue weighted by Crippen LogP contribution is -2.16. The van der Waals surface area contributed by atoms with E-state index in [2.05, 4.69) is 34.4 Å². The maximum atomic E-state index is 13.7. The van der Waals surface area contributed by atoms with Crippen LogP contribution < -0.4 is 10.6 Å². The van der Waals surface area contributed by atoms with Gasteiger partial charge in [0.2, 0.25) is 5.95 Å². The van der Waals surface area contributed by atoms with E-state index < -0.39 is 0 Å². The standard InChI is InChI=1S/C18H23FN4/c1-4-11(2)20-18-22-16(13-8-9-13)10-17(23-18)21-15-7-5-6-14(19)12(15)3/h5-7,10-11,13H,4,8-9H2,1-3H3,(H2,20,21,22,23)/t11-/m0/s1. The molecule has 23 heavy (non-hydrogen) atoms. The highest BCUT2D eigenvalue weighted by Gasteiger charge is 2.26. The topological polar surface area (TPSA) is 49.8 Å². The van der Waals surface area contributed by atoms with Crippen molar-refractivity contribution in [3.05, 3.63) is 41.3 Å². The van der Waals surface area contributed by atoms with Crippen molar-refractivity contribution < 1.29 is 4.39 Å². The number of benzene rings is 1. The maximum absolute atomic E-state index is 13.7.